The van der Waals surface area contributed by atoms with E-state index in [0.717, 1.165) is 54.9 Å². The molecular weight excluding hydrogens is 250 g/mol. The molecule has 5 heteroatoms. The van der Waals surface area contributed by atoms with Crippen molar-refractivity contribution in [1.29, 1.82) is 0 Å². The van der Waals surface area contributed by atoms with Crippen molar-refractivity contribution >= 4 is 11.6 Å². The SMILES string of the molecule is CCc1nn(C)c(COCCC2CCNC2)c1Cl. The van der Waals surface area contributed by atoms with Gasteiger partial charge in [-0.3, -0.25) is 4.68 Å². The van der Waals surface area contributed by atoms with Gasteiger partial charge in [0.15, 0.2) is 0 Å². The molecule has 1 aromatic heterocycles. The van der Waals surface area contributed by atoms with Crippen molar-refractivity contribution in [3.05, 3.63) is 16.4 Å². The lowest BCUT2D eigenvalue weighted by Crippen LogP contribution is -2.11. The van der Waals surface area contributed by atoms with Gasteiger partial charge in [-0.25, -0.2) is 0 Å². The molecule has 4 nitrogen and oxygen atoms in total. The molecule has 1 aliphatic heterocycles. The molecule has 18 heavy (non-hydrogen) atoms. The molecule has 0 amide bonds. The van der Waals surface area contributed by atoms with Crippen LogP contribution in [0.25, 0.3) is 0 Å². The largest absolute Gasteiger partial charge is 0.375 e. The second kappa shape index (κ2) is 6.55. The fourth-order valence-electron chi connectivity index (χ4n) is 2.36. The molecule has 0 saturated carbocycles. The van der Waals surface area contributed by atoms with Crippen molar-refractivity contribution in [2.24, 2.45) is 13.0 Å². The van der Waals surface area contributed by atoms with Crippen LogP contribution in [0, 0.1) is 5.92 Å². The first-order valence-electron chi connectivity index (χ1n) is 6.71. The minimum atomic E-state index is 0.558. The molecule has 0 radical (unpaired) electrons. The predicted octanol–water partition coefficient (Wildman–Crippen LogP) is 2.15. The van der Waals surface area contributed by atoms with Gasteiger partial charge in [0.25, 0.3) is 0 Å². The zero-order valence-corrected chi connectivity index (χ0v) is 12.0. The minimum Gasteiger partial charge on any atom is -0.375 e. The molecule has 1 aromatic rings. The molecular formula is C13H22ClN3O. The highest BCUT2D eigenvalue weighted by atomic mass is 35.5. The standard InChI is InChI=1S/C13H22ClN3O/c1-3-11-13(14)12(17(2)16-11)9-18-7-5-10-4-6-15-8-10/h10,15H,3-9H2,1-2H3. The molecule has 0 spiro atoms. The lowest BCUT2D eigenvalue weighted by atomic mass is 10.1. The summed E-state index contributed by atoms with van der Waals surface area (Å²) in [5.41, 5.74) is 1.94. The molecule has 1 N–H and O–H groups in total. The molecule has 1 unspecified atom stereocenters. The number of hydrogen-bond donors (Lipinski definition) is 1. The van der Waals surface area contributed by atoms with Crippen LogP contribution in [0.1, 0.15) is 31.2 Å². The van der Waals surface area contributed by atoms with E-state index in [1.807, 2.05) is 11.7 Å². The molecule has 0 bridgehead atoms. The van der Waals surface area contributed by atoms with Crippen molar-refractivity contribution in [3.63, 3.8) is 0 Å². The molecule has 1 saturated heterocycles. The van der Waals surface area contributed by atoms with Gasteiger partial charge in [0, 0.05) is 13.7 Å². The molecule has 0 aromatic carbocycles. The van der Waals surface area contributed by atoms with Gasteiger partial charge < -0.3 is 10.1 Å². The topological polar surface area (TPSA) is 39.1 Å². The van der Waals surface area contributed by atoms with E-state index in [2.05, 4.69) is 17.3 Å². The summed E-state index contributed by atoms with van der Waals surface area (Å²) in [6, 6.07) is 0. The zero-order chi connectivity index (χ0) is 13.0. The fourth-order valence-corrected chi connectivity index (χ4v) is 2.70. The van der Waals surface area contributed by atoms with Gasteiger partial charge >= 0.3 is 0 Å². The maximum Gasteiger partial charge on any atom is 0.0899 e. The molecule has 2 rings (SSSR count). The number of halogens is 1. The molecule has 1 atom stereocenters. The highest BCUT2D eigenvalue weighted by molar-refractivity contribution is 6.31. The van der Waals surface area contributed by atoms with E-state index in [0.29, 0.717) is 6.61 Å². The Kier molecular flexibility index (Phi) is 5.03. The van der Waals surface area contributed by atoms with Crippen LogP contribution >= 0.6 is 11.6 Å². The van der Waals surface area contributed by atoms with E-state index >= 15 is 0 Å². The maximum atomic E-state index is 6.26. The Bertz CT molecular complexity index is 386. The third-order valence-corrected chi connectivity index (χ3v) is 4.01. The first-order valence-corrected chi connectivity index (χ1v) is 7.08. The third kappa shape index (κ3) is 3.25. The van der Waals surface area contributed by atoms with E-state index in [-0.39, 0.29) is 0 Å². The van der Waals surface area contributed by atoms with E-state index in [1.54, 1.807) is 0 Å². The third-order valence-electron chi connectivity index (χ3n) is 3.57. The highest BCUT2D eigenvalue weighted by Gasteiger charge is 2.15. The highest BCUT2D eigenvalue weighted by Crippen LogP contribution is 2.21. The van der Waals surface area contributed by atoms with E-state index in [9.17, 15) is 0 Å². The van der Waals surface area contributed by atoms with Gasteiger partial charge in [-0.05, 0) is 38.3 Å². The summed E-state index contributed by atoms with van der Waals surface area (Å²) in [5, 5.41) is 8.52. The summed E-state index contributed by atoms with van der Waals surface area (Å²) in [6.45, 7) is 5.71. The summed E-state index contributed by atoms with van der Waals surface area (Å²) in [7, 11) is 1.92. The number of aryl methyl sites for hydroxylation is 2. The van der Waals surface area contributed by atoms with Gasteiger partial charge in [-0.15, -0.1) is 0 Å². The monoisotopic (exact) mass is 271 g/mol. The number of aromatic nitrogens is 2. The van der Waals surface area contributed by atoms with Crippen LogP contribution in [0.3, 0.4) is 0 Å². The van der Waals surface area contributed by atoms with Crippen molar-refractivity contribution in [2.75, 3.05) is 19.7 Å². The van der Waals surface area contributed by atoms with E-state index in [1.165, 1.54) is 6.42 Å². The van der Waals surface area contributed by atoms with Crippen LogP contribution in [0.5, 0.6) is 0 Å². The number of nitrogens with one attached hydrogen (secondary N) is 1. The maximum absolute atomic E-state index is 6.26. The fraction of sp³-hybridized carbons (Fsp3) is 0.769. The lowest BCUT2D eigenvalue weighted by Gasteiger charge is -2.09. The molecule has 1 aliphatic rings. The lowest BCUT2D eigenvalue weighted by molar-refractivity contribution is 0.104. The number of hydrogen-bond acceptors (Lipinski definition) is 3. The Labute approximate surface area is 114 Å². The second-order valence-electron chi connectivity index (χ2n) is 4.88. The van der Waals surface area contributed by atoms with Gasteiger partial charge in [0.05, 0.1) is 23.0 Å². The van der Waals surface area contributed by atoms with Crippen LogP contribution in [-0.2, 0) is 24.8 Å². The van der Waals surface area contributed by atoms with Crippen LogP contribution in [-0.4, -0.2) is 29.5 Å². The van der Waals surface area contributed by atoms with Crippen molar-refractivity contribution in [2.45, 2.75) is 32.8 Å². The van der Waals surface area contributed by atoms with Crippen LogP contribution in [0.2, 0.25) is 5.02 Å². The van der Waals surface area contributed by atoms with E-state index < -0.39 is 0 Å². The van der Waals surface area contributed by atoms with E-state index in [4.69, 9.17) is 16.3 Å². The summed E-state index contributed by atoms with van der Waals surface area (Å²) in [4.78, 5) is 0. The van der Waals surface area contributed by atoms with Gasteiger partial charge in [0.2, 0.25) is 0 Å². The first-order chi connectivity index (χ1) is 8.72. The van der Waals surface area contributed by atoms with Crippen LogP contribution in [0.4, 0.5) is 0 Å². The molecule has 102 valence electrons. The summed E-state index contributed by atoms with van der Waals surface area (Å²) in [5.74, 6) is 0.776. The van der Waals surface area contributed by atoms with Crippen molar-refractivity contribution in [3.8, 4) is 0 Å². The molecule has 1 fully saturated rings. The Hall–Kier alpha value is -0.580. The Morgan fingerprint density at radius 3 is 3.00 bits per heavy atom. The average molecular weight is 272 g/mol. The second-order valence-corrected chi connectivity index (χ2v) is 5.26. The number of ether oxygens (including phenoxy) is 1. The summed E-state index contributed by atoms with van der Waals surface area (Å²) in [6.07, 6.45) is 3.26. The minimum absolute atomic E-state index is 0.558. The Morgan fingerprint density at radius 1 is 1.56 bits per heavy atom. The smallest absolute Gasteiger partial charge is 0.0899 e. The number of rotatable bonds is 6. The average Bonchev–Trinajstić information content (AvgIpc) is 2.96. The Morgan fingerprint density at radius 2 is 2.39 bits per heavy atom. The molecule has 2 heterocycles. The normalized spacial score (nSPS) is 19.6. The first kappa shape index (κ1) is 13.8. The zero-order valence-electron chi connectivity index (χ0n) is 11.2. The summed E-state index contributed by atoms with van der Waals surface area (Å²) < 4.78 is 7.56. The van der Waals surface area contributed by atoms with Crippen LogP contribution in [0.15, 0.2) is 0 Å². The van der Waals surface area contributed by atoms with Gasteiger partial charge in [-0.1, -0.05) is 18.5 Å². The van der Waals surface area contributed by atoms with Gasteiger partial charge in [-0.2, -0.15) is 5.10 Å². The van der Waals surface area contributed by atoms with Crippen LogP contribution < -0.4 is 5.32 Å². The predicted molar refractivity (Wildman–Crippen MR) is 72.8 cm³/mol. The Balaban J connectivity index is 1.77. The molecule has 0 aliphatic carbocycles. The van der Waals surface area contributed by atoms with Crippen molar-refractivity contribution in [1.82, 2.24) is 15.1 Å². The van der Waals surface area contributed by atoms with Crippen molar-refractivity contribution < 1.29 is 4.74 Å². The summed E-state index contributed by atoms with van der Waals surface area (Å²) >= 11 is 6.26. The quantitative estimate of drug-likeness (QED) is 0.806. The number of nitrogens with zero attached hydrogens (tertiary/aromatic N) is 2. The van der Waals surface area contributed by atoms with Gasteiger partial charge in [0.1, 0.15) is 0 Å².